The van der Waals surface area contributed by atoms with E-state index >= 15 is 0 Å². The molecule has 0 aromatic heterocycles. The van der Waals surface area contributed by atoms with E-state index in [-0.39, 0.29) is 5.04 Å². The molecular weight excluding hydrogens is 308 g/mol. The van der Waals surface area contributed by atoms with Crippen molar-refractivity contribution in [2.24, 2.45) is 0 Å². The van der Waals surface area contributed by atoms with Crippen LogP contribution in [0.1, 0.15) is 74.1 Å². The Bertz CT molecular complexity index is 366. The molecule has 0 bridgehead atoms. The zero-order valence-electron chi connectivity index (χ0n) is 16.7. The summed E-state index contributed by atoms with van der Waals surface area (Å²) >= 11 is 0. The summed E-state index contributed by atoms with van der Waals surface area (Å²) in [5, 5.41) is 10.5. The molecule has 2 atom stereocenters. The van der Waals surface area contributed by atoms with Crippen LogP contribution in [-0.4, -0.2) is 37.2 Å². The van der Waals surface area contributed by atoms with Gasteiger partial charge in [0.2, 0.25) is 0 Å². The van der Waals surface area contributed by atoms with Crippen molar-refractivity contribution >= 4 is 14.3 Å². The van der Waals surface area contributed by atoms with Gasteiger partial charge in [0.05, 0.1) is 6.10 Å². The Labute approximate surface area is 144 Å². The molecule has 0 saturated carbocycles. The van der Waals surface area contributed by atoms with Gasteiger partial charge in [0, 0.05) is 0 Å². The molecule has 0 heterocycles. The molecule has 0 aliphatic carbocycles. The second-order valence-electron chi connectivity index (χ2n) is 8.90. The van der Waals surface area contributed by atoms with Crippen molar-refractivity contribution in [1.29, 1.82) is 0 Å². The molecule has 1 N–H and O–H groups in total. The van der Waals surface area contributed by atoms with Crippen LogP contribution in [0.4, 0.5) is 0 Å². The minimum Gasteiger partial charge on any atom is -0.458 e. The van der Waals surface area contributed by atoms with E-state index in [1.807, 2.05) is 20.8 Å². The largest absolute Gasteiger partial charge is 0.458 e. The van der Waals surface area contributed by atoms with Gasteiger partial charge in [0.25, 0.3) is 0 Å². The fraction of sp³-hybridized carbons (Fsp3) is 0.944. The molecule has 138 valence electrons. The van der Waals surface area contributed by atoms with Crippen LogP contribution < -0.4 is 0 Å². The van der Waals surface area contributed by atoms with Crippen molar-refractivity contribution in [2.75, 3.05) is 0 Å². The smallest absolute Gasteiger partial charge is 0.337 e. The van der Waals surface area contributed by atoms with E-state index in [4.69, 9.17) is 9.16 Å². The molecule has 0 aromatic carbocycles. The summed E-state index contributed by atoms with van der Waals surface area (Å²) in [5.74, 6) is -0.452. The van der Waals surface area contributed by atoms with Crippen molar-refractivity contribution in [3.8, 4) is 0 Å². The Hall–Kier alpha value is -0.393. The van der Waals surface area contributed by atoms with E-state index in [2.05, 4.69) is 40.8 Å². The van der Waals surface area contributed by atoms with Crippen LogP contribution in [-0.2, 0) is 14.0 Å². The maximum Gasteiger partial charge on any atom is 0.337 e. The first-order valence-corrected chi connectivity index (χ1v) is 11.7. The number of aliphatic hydroxyl groups excluding tert-OH is 1. The number of hydrogen-bond donors (Lipinski definition) is 1. The molecule has 5 heteroatoms. The van der Waals surface area contributed by atoms with E-state index in [1.54, 1.807) is 0 Å². The van der Waals surface area contributed by atoms with Crippen molar-refractivity contribution < 1.29 is 19.1 Å². The minimum atomic E-state index is -2.18. The standard InChI is InChI=1S/C18H38O4Si/c1-10-11-12-13-14(19)15(16(20)21-17(2,3)4)22-23(8,9)18(5,6)7/h14-15,19H,10-13H2,1-9H3/t14-,15-/m1/s1. The van der Waals surface area contributed by atoms with Crippen molar-refractivity contribution in [1.82, 2.24) is 0 Å². The van der Waals surface area contributed by atoms with E-state index in [9.17, 15) is 9.90 Å². The van der Waals surface area contributed by atoms with Gasteiger partial charge in [-0.15, -0.1) is 0 Å². The fourth-order valence-electron chi connectivity index (χ4n) is 1.89. The number of rotatable bonds is 8. The minimum absolute atomic E-state index is 0.0313. The Morgan fingerprint density at radius 3 is 2.00 bits per heavy atom. The molecule has 0 spiro atoms. The van der Waals surface area contributed by atoms with Gasteiger partial charge in [0.1, 0.15) is 5.60 Å². The highest BCUT2D eigenvalue weighted by Crippen LogP contribution is 2.38. The molecule has 4 nitrogen and oxygen atoms in total. The summed E-state index contributed by atoms with van der Waals surface area (Å²) in [6.07, 6.45) is 1.85. The van der Waals surface area contributed by atoms with E-state index < -0.39 is 32.1 Å². The van der Waals surface area contributed by atoms with Gasteiger partial charge in [-0.25, -0.2) is 4.79 Å². The van der Waals surface area contributed by atoms with Gasteiger partial charge in [-0.3, -0.25) is 0 Å². The van der Waals surface area contributed by atoms with Crippen LogP contribution in [0.25, 0.3) is 0 Å². The second-order valence-corrected chi connectivity index (χ2v) is 13.7. The Kier molecular flexibility index (Phi) is 8.48. The molecule has 0 aliphatic rings. The highest BCUT2D eigenvalue weighted by atomic mass is 28.4. The Morgan fingerprint density at radius 1 is 1.09 bits per heavy atom. The average molecular weight is 347 g/mol. The van der Waals surface area contributed by atoms with Gasteiger partial charge in [-0.1, -0.05) is 47.0 Å². The van der Waals surface area contributed by atoms with Crippen LogP contribution in [0.2, 0.25) is 18.1 Å². The molecular formula is C18H38O4Si. The number of esters is 1. The Balaban J connectivity index is 5.18. The molecule has 0 saturated heterocycles. The highest BCUT2D eigenvalue weighted by Gasteiger charge is 2.43. The number of carbonyl (C=O) groups excluding carboxylic acids is 1. The third kappa shape index (κ3) is 8.31. The van der Waals surface area contributed by atoms with Gasteiger partial charge in [-0.05, 0) is 45.3 Å². The van der Waals surface area contributed by atoms with Gasteiger partial charge in [0.15, 0.2) is 14.4 Å². The highest BCUT2D eigenvalue weighted by molar-refractivity contribution is 6.74. The predicted octanol–water partition coefficient (Wildman–Crippen LogP) is 4.66. The monoisotopic (exact) mass is 346 g/mol. The molecule has 0 aliphatic heterocycles. The summed E-state index contributed by atoms with van der Waals surface area (Å²) in [7, 11) is -2.18. The normalized spacial score (nSPS) is 16.1. The van der Waals surface area contributed by atoms with Gasteiger partial charge >= 0.3 is 5.97 Å². The molecule has 0 amide bonds. The van der Waals surface area contributed by atoms with E-state index in [1.165, 1.54) is 0 Å². The lowest BCUT2D eigenvalue weighted by molar-refractivity contribution is -0.169. The lowest BCUT2D eigenvalue weighted by Crippen LogP contribution is -2.51. The third-order valence-corrected chi connectivity index (χ3v) is 8.78. The Morgan fingerprint density at radius 2 is 1.61 bits per heavy atom. The molecule has 0 aromatic rings. The predicted molar refractivity (Wildman–Crippen MR) is 98.1 cm³/mol. The van der Waals surface area contributed by atoms with Crippen molar-refractivity contribution in [3.63, 3.8) is 0 Å². The van der Waals surface area contributed by atoms with Gasteiger partial charge < -0.3 is 14.3 Å². The zero-order valence-corrected chi connectivity index (χ0v) is 17.7. The second kappa shape index (κ2) is 8.63. The summed E-state index contributed by atoms with van der Waals surface area (Å²) in [6, 6.07) is 0. The van der Waals surface area contributed by atoms with E-state index in [0.29, 0.717) is 6.42 Å². The summed E-state index contributed by atoms with van der Waals surface area (Å²) in [4.78, 5) is 12.6. The average Bonchev–Trinajstić information content (AvgIpc) is 2.32. The topological polar surface area (TPSA) is 55.8 Å². The summed E-state index contributed by atoms with van der Waals surface area (Å²) < 4.78 is 11.7. The number of ether oxygens (including phenoxy) is 1. The third-order valence-electron chi connectivity index (χ3n) is 4.32. The van der Waals surface area contributed by atoms with Crippen LogP contribution in [0, 0.1) is 0 Å². The zero-order chi connectivity index (χ0) is 18.5. The molecule has 0 unspecified atom stereocenters. The number of aliphatic hydroxyl groups is 1. The van der Waals surface area contributed by atoms with Gasteiger partial charge in [-0.2, -0.15) is 0 Å². The molecule has 23 heavy (non-hydrogen) atoms. The maximum absolute atomic E-state index is 12.6. The first-order chi connectivity index (χ1) is 10.2. The summed E-state index contributed by atoms with van der Waals surface area (Å²) in [6.45, 7) is 18.1. The molecule has 0 rings (SSSR count). The number of hydrogen-bond acceptors (Lipinski definition) is 4. The van der Waals surface area contributed by atoms with Crippen LogP contribution >= 0.6 is 0 Å². The van der Waals surface area contributed by atoms with Crippen LogP contribution in [0.3, 0.4) is 0 Å². The maximum atomic E-state index is 12.6. The molecule has 0 fully saturated rings. The van der Waals surface area contributed by atoms with E-state index in [0.717, 1.165) is 19.3 Å². The first-order valence-electron chi connectivity index (χ1n) is 8.80. The number of unbranched alkanes of at least 4 members (excludes halogenated alkanes) is 2. The van der Waals surface area contributed by atoms with Crippen LogP contribution in [0.15, 0.2) is 0 Å². The van der Waals surface area contributed by atoms with Crippen LogP contribution in [0.5, 0.6) is 0 Å². The van der Waals surface area contributed by atoms with Crippen molar-refractivity contribution in [3.05, 3.63) is 0 Å². The fourth-order valence-corrected chi connectivity index (χ4v) is 3.13. The molecule has 0 radical (unpaired) electrons. The lowest BCUT2D eigenvalue weighted by atomic mass is 10.1. The van der Waals surface area contributed by atoms with Crippen molar-refractivity contribution in [2.45, 2.75) is 110 Å². The quantitative estimate of drug-likeness (QED) is 0.394. The lowest BCUT2D eigenvalue weighted by Gasteiger charge is -2.40. The summed E-state index contributed by atoms with van der Waals surface area (Å²) in [5.41, 5.74) is -0.588. The SMILES string of the molecule is CCCCC[C@@H](O)[C@@H](O[Si](C)(C)C(C)(C)C)C(=O)OC(C)(C)C. The first kappa shape index (κ1) is 22.6. The number of carbonyl (C=O) groups is 1.